The third kappa shape index (κ3) is 7.39. The van der Waals surface area contributed by atoms with Crippen LogP contribution in [0.3, 0.4) is 0 Å². The fourth-order valence-corrected chi connectivity index (χ4v) is 5.82. The Hall–Kier alpha value is -3.85. The van der Waals surface area contributed by atoms with Crippen LogP contribution in [0.5, 0.6) is 0 Å². The van der Waals surface area contributed by atoms with Crippen molar-refractivity contribution in [2.24, 2.45) is 5.92 Å². The molecule has 2 aromatic carbocycles. The van der Waals surface area contributed by atoms with Gasteiger partial charge in [-0.3, -0.25) is 14.6 Å². The summed E-state index contributed by atoms with van der Waals surface area (Å²) in [5.74, 6) is -0.344. The van der Waals surface area contributed by atoms with Gasteiger partial charge in [-0.2, -0.15) is 13.2 Å². The number of fused-ring (bicyclic) bond motifs is 1. The van der Waals surface area contributed by atoms with Crippen LogP contribution in [0.4, 0.5) is 13.2 Å². The maximum atomic E-state index is 13.2. The molecule has 1 fully saturated rings. The third-order valence-corrected chi connectivity index (χ3v) is 8.53. The molecule has 0 radical (unpaired) electrons. The molecule has 1 atom stereocenters. The maximum absolute atomic E-state index is 13.2. The summed E-state index contributed by atoms with van der Waals surface area (Å²) in [5.41, 5.74) is 3.25. The van der Waals surface area contributed by atoms with Crippen LogP contribution in [0, 0.1) is 12.8 Å². The van der Waals surface area contributed by atoms with Gasteiger partial charge in [-0.15, -0.1) is 0 Å². The molecule has 43 heavy (non-hydrogen) atoms. The number of alkyl halides is 3. The first-order valence-electron chi connectivity index (χ1n) is 14.4. The van der Waals surface area contributed by atoms with E-state index in [0.29, 0.717) is 35.2 Å². The zero-order chi connectivity index (χ0) is 30.7. The standard InChI is InChI=1S/C33H34ClF3N4O2/c1-21-3-4-24-9-11-28(31(42)39-20-33(35,36)37)22(2)29(24)19-41(21)18-23-13-15-40(16-14-23)32(43)26-7-5-25(6-8-26)30-12-10-27(34)17-38-30/h4-12,17,19,21,23H,3,13-16,18,20H2,1-2H3,(H,39,42). The lowest BCUT2D eigenvalue weighted by molar-refractivity contribution is -0.123. The number of carbonyl (C=O) groups is 2. The van der Waals surface area contributed by atoms with Crippen LogP contribution in [0.25, 0.3) is 23.5 Å². The molecule has 0 aliphatic carbocycles. The SMILES string of the molecule is Cc1c(C(=O)NCC(F)(F)F)ccc2c1=CN(CC1CCN(C(=O)c3ccc(-c4ccc(Cl)cn4)cc3)CC1)C(C)CC=2. The van der Waals surface area contributed by atoms with Crippen molar-refractivity contribution < 1.29 is 22.8 Å². The van der Waals surface area contributed by atoms with Crippen molar-refractivity contribution in [2.45, 2.75) is 45.3 Å². The predicted molar refractivity (Wildman–Crippen MR) is 162 cm³/mol. The maximum Gasteiger partial charge on any atom is 0.405 e. The monoisotopic (exact) mass is 610 g/mol. The molecule has 6 nitrogen and oxygen atoms in total. The smallest absolute Gasteiger partial charge is 0.374 e. The quantitative estimate of drug-likeness (QED) is 0.418. The fourth-order valence-electron chi connectivity index (χ4n) is 5.71. The Morgan fingerprint density at radius 2 is 1.77 bits per heavy atom. The largest absolute Gasteiger partial charge is 0.405 e. The topological polar surface area (TPSA) is 65.5 Å². The van der Waals surface area contributed by atoms with Gasteiger partial charge in [0.2, 0.25) is 0 Å². The molecule has 0 bridgehead atoms. The lowest BCUT2D eigenvalue weighted by Gasteiger charge is -2.36. The van der Waals surface area contributed by atoms with E-state index in [1.54, 1.807) is 31.3 Å². The van der Waals surface area contributed by atoms with Gasteiger partial charge in [0.1, 0.15) is 6.54 Å². The molecule has 226 valence electrons. The number of aromatic nitrogens is 1. The summed E-state index contributed by atoms with van der Waals surface area (Å²) >= 11 is 5.93. The van der Waals surface area contributed by atoms with E-state index >= 15 is 0 Å². The third-order valence-electron chi connectivity index (χ3n) is 8.31. The van der Waals surface area contributed by atoms with Gasteiger partial charge in [-0.1, -0.05) is 35.9 Å². The molecule has 1 N–H and O–H groups in total. The summed E-state index contributed by atoms with van der Waals surface area (Å²) in [5, 5.41) is 4.38. The summed E-state index contributed by atoms with van der Waals surface area (Å²) in [6.07, 6.45) is 3.84. The number of carbonyl (C=O) groups excluding carboxylic acids is 2. The van der Waals surface area contributed by atoms with Crippen molar-refractivity contribution in [3.05, 3.63) is 86.9 Å². The highest BCUT2D eigenvalue weighted by Crippen LogP contribution is 2.24. The lowest BCUT2D eigenvalue weighted by Crippen LogP contribution is -2.42. The average molecular weight is 611 g/mol. The number of halogens is 4. The van der Waals surface area contributed by atoms with Crippen LogP contribution in [-0.2, 0) is 0 Å². The summed E-state index contributed by atoms with van der Waals surface area (Å²) < 4.78 is 38.0. The first-order chi connectivity index (χ1) is 20.5. The molecular weight excluding hydrogens is 577 g/mol. The van der Waals surface area contributed by atoms with E-state index in [1.807, 2.05) is 46.7 Å². The van der Waals surface area contributed by atoms with Crippen LogP contribution in [0.1, 0.15) is 52.5 Å². The molecule has 10 heteroatoms. The van der Waals surface area contributed by atoms with E-state index in [2.05, 4.69) is 22.9 Å². The summed E-state index contributed by atoms with van der Waals surface area (Å²) in [7, 11) is 0. The molecule has 1 saturated heterocycles. The van der Waals surface area contributed by atoms with Gasteiger partial charge in [-0.05, 0) is 80.1 Å². The van der Waals surface area contributed by atoms with Gasteiger partial charge >= 0.3 is 6.18 Å². The Kier molecular flexibility index (Phi) is 9.11. The van der Waals surface area contributed by atoms with Gasteiger partial charge in [-0.25, -0.2) is 0 Å². The van der Waals surface area contributed by atoms with Crippen LogP contribution in [0.15, 0.2) is 54.7 Å². The molecule has 3 aromatic rings. The summed E-state index contributed by atoms with van der Waals surface area (Å²) in [6.45, 7) is 4.68. The first kappa shape index (κ1) is 30.6. The van der Waals surface area contributed by atoms with Crippen LogP contribution in [-0.4, -0.2) is 65.0 Å². The number of amides is 2. The number of hydrogen-bond acceptors (Lipinski definition) is 4. The molecule has 2 aliphatic rings. The van der Waals surface area contributed by atoms with Crippen LogP contribution >= 0.6 is 11.6 Å². The normalized spacial score (nSPS) is 17.4. The Morgan fingerprint density at radius 1 is 1.05 bits per heavy atom. The second-order valence-corrected chi connectivity index (χ2v) is 11.8. The van der Waals surface area contributed by atoms with Crippen molar-refractivity contribution >= 4 is 35.7 Å². The minimum atomic E-state index is -4.47. The number of hydrogen-bond donors (Lipinski definition) is 1. The minimum Gasteiger partial charge on any atom is -0.374 e. The minimum absolute atomic E-state index is 0.0132. The van der Waals surface area contributed by atoms with Crippen LogP contribution < -0.4 is 15.8 Å². The summed E-state index contributed by atoms with van der Waals surface area (Å²) in [6, 6.07) is 14.7. The Balaban J connectivity index is 1.23. The highest BCUT2D eigenvalue weighted by Gasteiger charge is 2.29. The number of pyridine rings is 1. The van der Waals surface area contributed by atoms with Gasteiger partial charge in [0.05, 0.1) is 10.7 Å². The second kappa shape index (κ2) is 12.8. The molecule has 3 heterocycles. The molecular formula is C33H34ClF3N4O2. The number of benzene rings is 2. The van der Waals surface area contributed by atoms with Crippen LogP contribution in [0.2, 0.25) is 5.02 Å². The molecule has 0 spiro atoms. The van der Waals surface area contributed by atoms with E-state index < -0.39 is 18.6 Å². The van der Waals surface area contributed by atoms with Gasteiger partial charge in [0.15, 0.2) is 0 Å². The molecule has 5 rings (SSSR count). The van der Waals surface area contributed by atoms with Gasteiger partial charge < -0.3 is 15.1 Å². The van der Waals surface area contributed by atoms with E-state index in [9.17, 15) is 22.8 Å². The van der Waals surface area contributed by atoms with E-state index in [4.69, 9.17) is 11.6 Å². The number of piperidine rings is 1. The Bertz CT molecular complexity index is 1600. The molecule has 0 saturated carbocycles. The van der Waals surface area contributed by atoms with Crippen molar-refractivity contribution in [2.75, 3.05) is 26.2 Å². The zero-order valence-electron chi connectivity index (χ0n) is 24.1. The van der Waals surface area contributed by atoms with E-state index in [0.717, 1.165) is 47.5 Å². The van der Waals surface area contributed by atoms with E-state index in [-0.39, 0.29) is 17.5 Å². The van der Waals surface area contributed by atoms with E-state index in [1.165, 1.54) is 0 Å². The Labute approximate surface area is 253 Å². The number of rotatable bonds is 6. The molecule has 2 aliphatic heterocycles. The zero-order valence-corrected chi connectivity index (χ0v) is 24.9. The molecule has 1 aromatic heterocycles. The van der Waals surface area contributed by atoms with Crippen molar-refractivity contribution in [3.63, 3.8) is 0 Å². The van der Waals surface area contributed by atoms with Crippen molar-refractivity contribution in [3.8, 4) is 11.3 Å². The number of nitrogens with zero attached hydrogens (tertiary/aromatic N) is 3. The molecule has 1 unspecified atom stereocenters. The Morgan fingerprint density at radius 3 is 2.42 bits per heavy atom. The lowest BCUT2D eigenvalue weighted by atomic mass is 9.95. The predicted octanol–water partition coefficient (Wildman–Crippen LogP) is 5.17. The molecule has 2 amide bonds. The van der Waals surface area contributed by atoms with Gasteiger partial charge in [0, 0.05) is 60.0 Å². The van der Waals surface area contributed by atoms with Crippen molar-refractivity contribution in [1.29, 1.82) is 0 Å². The number of likely N-dealkylation sites (tertiary alicyclic amines) is 1. The highest BCUT2D eigenvalue weighted by atomic mass is 35.5. The highest BCUT2D eigenvalue weighted by molar-refractivity contribution is 6.30. The van der Waals surface area contributed by atoms with Crippen molar-refractivity contribution in [1.82, 2.24) is 20.1 Å². The number of nitrogens with one attached hydrogen (secondary N) is 1. The fraction of sp³-hybridized carbons (Fsp3) is 0.364. The second-order valence-electron chi connectivity index (χ2n) is 11.3. The summed E-state index contributed by atoms with van der Waals surface area (Å²) in [4.78, 5) is 34.3. The van der Waals surface area contributed by atoms with Gasteiger partial charge in [0.25, 0.3) is 11.8 Å². The average Bonchev–Trinajstić information content (AvgIpc) is 3.15. The first-order valence-corrected chi connectivity index (χ1v) is 14.8.